The van der Waals surface area contributed by atoms with Crippen molar-refractivity contribution < 1.29 is 18.8 Å². The fourth-order valence-electron chi connectivity index (χ4n) is 4.42. The molecule has 0 N–H and O–H groups in total. The number of nitrogens with zero attached hydrogens (tertiary/aromatic N) is 3. The fraction of sp³-hybridized carbons (Fsp3) is 0.474. The molecule has 3 amide bonds. The molecular weight excluding hydrogens is 334 g/mol. The summed E-state index contributed by atoms with van der Waals surface area (Å²) < 4.78 is 5.27. The molecule has 0 radical (unpaired) electrons. The summed E-state index contributed by atoms with van der Waals surface area (Å²) in [5, 5.41) is 8.83. The van der Waals surface area contributed by atoms with E-state index in [2.05, 4.69) is 0 Å². The third kappa shape index (κ3) is 2.62. The predicted octanol–water partition coefficient (Wildman–Crippen LogP) is 1.33. The molecule has 7 nitrogen and oxygen atoms in total. The zero-order valence-electron chi connectivity index (χ0n) is 14.2. The SMILES string of the molecule is N#CCCN(Cc1ccco1)C(=O)CN1C(=O)[C@@H]2[C@H](C1=O)[C@H]1C=C[C@H]2C1. The summed E-state index contributed by atoms with van der Waals surface area (Å²) in [5.74, 6) is -0.579. The quantitative estimate of drug-likeness (QED) is 0.568. The van der Waals surface area contributed by atoms with Crippen molar-refractivity contribution >= 4 is 17.7 Å². The van der Waals surface area contributed by atoms with Crippen molar-refractivity contribution in [1.29, 1.82) is 5.26 Å². The molecule has 7 heteroatoms. The van der Waals surface area contributed by atoms with E-state index in [1.807, 2.05) is 18.2 Å². The second-order valence-corrected chi connectivity index (χ2v) is 7.07. The lowest BCUT2D eigenvalue weighted by Gasteiger charge is -2.24. The molecule has 134 valence electrons. The Bertz CT molecular complexity index is 777. The molecule has 4 atom stereocenters. The largest absolute Gasteiger partial charge is 0.467 e. The maximum absolute atomic E-state index is 12.7. The van der Waals surface area contributed by atoms with Gasteiger partial charge in [0.25, 0.3) is 0 Å². The lowest BCUT2D eigenvalue weighted by molar-refractivity contribution is -0.147. The average Bonchev–Trinajstić information content (AvgIpc) is 3.40. The van der Waals surface area contributed by atoms with E-state index >= 15 is 0 Å². The molecule has 1 aliphatic heterocycles. The van der Waals surface area contributed by atoms with Crippen LogP contribution in [0.25, 0.3) is 0 Å². The Morgan fingerprint density at radius 1 is 1.27 bits per heavy atom. The van der Waals surface area contributed by atoms with Gasteiger partial charge in [-0.25, -0.2) is 0 Å². The number of amides is 3. The third-order valence-electron chi connectivity index (χ3n) is 5.63. The van der Waals surface area contributed by atoms with Gasteiger partial charge in [0.1, 0.15) is 12.3 Å². The van der Waals surface area contributed by atoms with Crippen LogP contribution in [0.2, 0.25) is 0 Å². The maximum Gasteiger partial charge on any atom is 0.243 e. The first-order valence-corrected chi connectivity index (χ1v) is 8.81. The van der Waals surface area contributed by atoms with Gasteiger partial charge in [-0.05, 0) is 30.4 Å². The molecule has 3 aliphatic rings. The maximum atomic E-state index is 12.7. The number of hydrogen-bond donors (Lipinski definition) is 0. The Hall–Kier alpha value is -2.88. The van der Waals surface area contributed by atoms with E-state index in [0.29, 0.717) is 5.76 Å². The molecule has 1 aromatic heterocycles. The minimum atomic E-state index is -0.348. The molecule has 0 unspecified atom stereocenters. The van der Waals surface area contributed by atoms with E-state index in [-0.39, 0.29) is 67.4 Å². The minimum Gasteiger partial charge on any atom is -0.467 e. The van der Waals surface area contributed by atoms with Crippen LogP contribution in [0.15, 0.2) is 35.0 Å². The Kier molecular flexibility index (Phi) is 4.11. The highest BCUT2D eigenvalue weighted by Gasteiger charge is 2.59. The first-order valence-electron chi connectivity index (χ1n) is 8.81. The molecule has 2 aliphatic carbocycles. The second-order valence-electron chi connectivity index (χ2n) is 7.07. The first kappa shape index (κ1) is 16.6. The molecule has 26 heavy (non-hydrogen) atoms. The van der Waals surface area contributed by atoms with E-state index in [9.17, 15) is 14.4 Å². The highest BCUT2D eigenvalue weighted by Crippen LogP contribution is 2.52. The van der Waals surface area contributed by atoms with E-state index in [4.69, 9.17) is 9.68 Å². The van der Waals surface area contributed by atoms with Crippen molar-refractivity contribution in [3.05, 3.63) is 36.3 Å². The summed E-state index contributed by atoms with van der Waals surface area (Å²) in [4.78, 5) is 40.7. The number of allylic oxidation sites excluding steroid dienone is 2. The van der Waals surface area contributed by atoms with Gasteiger partial charge in [-0.15, -0.1) is 0 Å². The Labute approximate surface area is 150 Å². The topological polar surface area (TPSA) is 94.6 Å². The zero-order valence-corrected chi connectivity index (χ0v) is 14.2. The number of fused-ring (bicyclic) bond motifs is 5. The first-order chi connectivity index (χ1) is 12.6. The lowest BCUT2D eigenvalue weighted by atomic mass is 9.85. The van der Waals surface area contributed by atoms with Crippen molar-refractivity contribution in [2.45, 2.75) is 19.4 Å². The smallest absolute Gasteiger partial charge is 0.243 e. The van der Waals surface area contributed by atoms with Gasteiger partial charge in [0, 0.05) is 6.54 Å². The van der Waals surface area contributed by atoms with E-state index in [0.717, 1.165) is 11.3 Å². The highest BCUT2D eigenvalue weighted by molar-refractivity contribution is 6.08. The molecule has 1 saturated heterocycles. The monoisotopic (exact) mass is 353 g/mol. The Morgan fingerprint density at radius 3 is 2.54 bits per heavy atom. The van der Waals surface area contributed by atoms with Gasteiger partial charge in [0.15, 0.2) is 0 Å². The number of nitriles is 1. The summed E-state index contributed by atoms with van der Waals surface area (Å²) in [6.07, 6.45) is 6.60. The van der Waals surface area contributed by atoms with Crippen molar-refractivity contribution in [2.24, 2.45) is 23.7 Å². The van der Waals surface area contributed by atoms with Crippen LogP contribution in [0.3, 0.4) is 0 Å². The van der Waals surface area contributed by atoms with Crippen molar-refractivity contribution in [2.75, 3.05) is 13.1 Å². The number of rotatable bonds is 6. The van der Waals surface area contributed by atoms with Crippen molar-refractivity contribution in [3.8, 4) is 6.07 Å². The molecule has 0 aromatic carbocycles. The van der Waals surface area contributed by atoms with Crippen LogP contribution in [-0.2, 0) is 20.9 Å². The summed E-state index contributed by atoms with van der Waals surface area (Å²) in [6, 6.07) is 5.48. The molecule has 2 bridgehead atoms. The fourth-order valence-corrected chi connectivity index (χ4v) is 4.42. The summed E-state index contributed by atoms with van der Waals surface area (Å²) in [6.45, 7) is 0.172. The van der Waals surface area contributed by atoms with Gasteiger partial charge in [-0.1, -0.05) is 12.2 Å². The number of imide groups is 1. The standard InChI is InChI=1S/C19H19N3O4/c20-6-2-7-21(10-14-3-1-8-26-14)15(23)11-22-18(24)16-12-4-5-13(9-12)17(16)19(22)25/h1,3-5,8,12-13,16-17H,2,7,9-11H2/t12-,13-,16-,17+/m0/s1. The van der Waals surface area contributed by atoms with Gasteiger partial charge >= 0.3 is 0 Å². The normalized spacial score (nSPS) is 28.5. The van der Waals surface area contributed by atoms with Crippen LogP contribution in [-0.4, -0.2) is 40.6 Å². The van der Waals surface area contributed by atoms with Crippen LogP contribution >= 0.6 is 0 Å². The average molecular weight is 353 g/mol. The second kappa shape index (κ2) is 6.45. The predicted molar refractivity (Wildman–Crippen MR) is 88.8 cm³/mol. The Balaban J connectivity index is 1.46. The molecule has 4 rings (SSSR count). The van der Waals surface area contributed by atoms with Crippen LogP contribution in [0, 0.1) is 35.0 Å². The van der Waals surface area contributed by atoms with Gasteiger partial charge in [0.2, 0.25) is 17.7 Å². The third-order valence-corrected chi connectivity index (χ3v) is 5.63. The molecule has 2 heterocycles. The molecule has 0 spiro atoms. The van der Waals surface area contributed by atoms with Crippen LogP contribution in [0.1, 0.15) is 18.6 Å². The van der Waals surface area contributed by atoms with E-state index in [1.165, 1.54) is 11.2 Å². The lowest BCUT2D eigenvalue weighted by Crippen LogP contribution is -2.43. The van der Waals surface area contributed by atoms with E-state index < -0.39 is 0 Å². The van der Waals surface area contributed by atoms with Gasteiger partial charge in [-0.2, -0.15) is 5.26 Å². The highest BCUT2D eigenvalue weighted by atomic mass is 16.3. The van der Waals surface area contributed by atoms with Gasteiger partial charge < -0.3 is 9.32 Å². The summed E-state index contributed by atoms with van der Waals surface area (Å²) >= 11 is 0. The zero-order chi connectivity index (χ0) is 18.3. The minimum absolute atomic E-state index is 0.124. The number of likely N-dealkylation sites (tertiary alicyclic amines) is 1. The van der Waals surface area contributed by atoms with Crippen LogP contribution in [0.5, 0.6) is 0 Å². The number of carbonyl (C=O) groups is 3. The van der Waals surface area contributed by atoms with Crippen LogP contribution < -0.4 is 0 Å². The van der Waals surface area contributed by atoms with Gasteiger partial charge in [-0.3, -0.25) is 19.3 Å². The number of furan rings is 1. The summed E-state index contributed by atoms with van der Waals surface area (Å²) in [7, 11) is 0. The molecule has 1 aromatic rings. The number of hydrogen-bond acceptors (Lipinski definition) is 5. The van der Waals surface area contributed by atoms with Gasteiger partial charge in [0.05, 0.1) is 37.1 Å². The van der Waals surface area contributed by atoms with Crippen molar-refractivity contribution in [3.63, 3.8) is 0 Å². The molecule has 2 fully saturated rings. The summed E-state index contributed by atoms with van der Waals surface area (Å²) in [5.41, 5.74) is 0. The van der Waals surface area contributed by atoms with E-state index in [1.54, 1.807) is 12.1 Å². The van der Waals surface area contributed by atoms with Crippen molar-refractivity contribution in [1.82, 2.24) is 9.80 Å². The molecular formula is C19H19N3O4. The number of carbonyl (C=O) groups excluding carboxylic acids is 3. The van der Waals surface area contributed by atoms with Crippen LogP contribution in [0.4, 0.5) is 0 Å². The Morgan fingerprint density at radius 2 is 1.96 bits per heavy atom. The molecule has 1 saturated carbocycles.